The number of hydrogen-bond acceptors (Lipinski definition) is 3. The van der Waals surface area contributed by atoms with E-state index in [9.17, 15) is 18.0 Å². The average molecular weight is 373 g/mol. The maximum atomic E-state index is 13.5. The maximum absolute atomic E-state index is 13.5. The predicted octanol–water partition coefficient (Wildman–Crippen LogP) is 3.83. The van der Waals surface area contributed by atoms with Crippen molar-refractivity contribution < 1.29 is 27.4 Å². The normalized spacial score (nSPS) is 18.7. The summed E-state index contributed by atoms with van der Waals surface area (Å²) < 4.78 is 50.2. The Labute approximate surface area is 145 Å². The quantitative estimate of drug-likeness (QED) is 0.861. The van der Waals surface area contributed by atoms with Crippen molar-refractivity contribution in [2.75, 3.05) is 0 Å². The van der Waals surface area contributed by atoms with Gasteiger partial charge >= 0.3 is 18.1 Å². The van der Waals surface area contributed by atoms with Gasteiger partial charge in [-0.25, -0.2) is 4.79 Å². The molecule has 132 valence electrons. The monoisotopic (exact) mass is 372 g/mol. The highest BCUT2D eigenvalue weighted by atomic mass is 35.5. The summed E-state index contributed by atoms with van der Waals surface area (Å²) in [6.45, 7) is 0.0411. The molecule has 0 unspecified atom stereocenters. The minimum absolute atomic E-state index is 0.0411. The van der Waals surface area contributed by atoms with Crippen molar-refractivity contribution in [3.05, 3.63) is 59.1 Å². The van der Waals surface area contributed by atoms with Gasteiger partial charge in [-0.3, -0.25) is 5.32 Å². The van der Waals surface area contributed by atoms with E-state index in [0.29, 0.717) is 0 Å². The Balaban J connectivity index is 1.74. The molecular formula is C16H12ClF3N2O3. The zero-order valence-electron chi connectivity index (χ0n) is 12.6. The fraction of sp³-hybridized carbons (Fsp3) is 0.188. The lowest BCUT2D eigenvalue weighted by Gasteiger charge is -2.29. The maximum Gasteiger partial charge on any atom is 0.492 e. The van der Waals surface area contributed by atoms with E-state index >= 15 is 0 Å². The van der Waals surface area contributed by atoms with Crippen molar-refractivity contribution >= 4 is 17.6 Å². The molecule has 1 aliphatic rings. The van der Waals surface area contributed by atoms with E-state index in [0.717, 1.165) is 5.56 Å². The van der Waals surface area contributed by atoms with Crippen LogP contribution in [0.3, 0.4) is 0 Å². The highest BCUT2D eigenvalue weighted by Crippen LogP contribution is 2.45. The summed E-state index contributed by atoms with van der Waals surface area (Å²) in [5.41, 5.74) is 0.724. The summed E-state index contributed by atoms with van der Waals surface area (Å²) in [5, 5.41) is 4.21. The molecule has 1 heterocycles. The van der Waals surface area contributed by atoms with Gasteiger partial charge in [0.15, 0.2) is 11.5 Å². The first-order valence-electron chi connectivity index (χ1n) is 7.13. The zero-order chi connectivity index (χ0) is 18.1. The molecular weight excluding hydrogens is 361 g/mol. The summed E-state index contributed by atoms with van der Waals surface area (Å²) in [7, 11) is 0. The summed E-state index contributed by atoms with van der Waals surface area (Å²) in [6.07, 6.45) is -5.03. The first-order valence-corrected chi connectivity index (χ1v) is 7.51. The molecule has 0 bridgehead atoms. The Morgan fingerprint density at radius 2 is 1.76 bits per heavy atom. The van der Waals surface area contributed by atoms with Crippen LogP contribution in [0.25, 0.3) is 0 Å². The molecule has 5 nitrogen and oxygen atoms in total. The number of nitrogens with one attached hydrogen (secondary N) is 2. The third-order valence-corrected chi connectivity index (χ3v) is 3.60. The van der Waals surface area contributed by atoms with Crippen molar-refractivity contribution in [3.63, 3.8) is 0 Å². The second-order valence-electron chi connectivity index (χ2n) is 5.20. The number of carbonyl (C=O) groups excluding carboxylic acids is 1. The summed E-state index contributed by atoms with van der Waals surface area (Å²) in [6, 6.07) is 11.4. The van der Waals surface area contributed by atoms with Crippen LogP contribution in [0.1, 0.15) is 5.56 Å². The second kappa shape index (κ2) is 6.36. The number of alkyl halides is 3. The van der Waals surface area contributed by atoms with E-state index in [4.69, 9.17) is 21.1 Å². The number of carbonyl (C=O) groups is 1. The molecule has 0 saturated carbocycles. The number of halogens is 4. The molecule has 0 aliphatic carbocycles. The predicted molar refractivity (Wildman–Crippen MR) is 83.3 cm³/mol. The van der Waals surface area contributed by atoms with E-state index in [-0.39, 0.29) is 23.1 Å². The van der Waals surface area contributed by atoms with Gasteiger partial charge in [-0.15, -0.1) is 0 Å². The highest BCUT2D eigenvalue weighted by molar-refractivity contribution is 6.30. The van der Waals surface area contributed by atoms with Gasteiger partial charge < -0.3 is 14.8 Å². The van der Waals surface area contributed by atoms with Crippen LogP contribution in [0.4, 0.5) is 18.0 Å². The van der Waals surface area contributed by atoms with Crippen LogP contribution in [0, 0.1) is 0 Å². The molecule has 2 amide bonds. The van der Waals surface area contributed by atoms with Crippen LogP contribution in [0.15, 0.2) is 48.5 Å². The number of hydrogen-bond donors (Lipinski definition) is 2. The zero-order valence-corrected chi connectivity index (χ0v) is 13.3. The Morgan fingerprint density at radius 1 is 1.08 bits per heavy atom. The molecule has 2 N–H and O–H groups in total. The molecule has 0 spiro atoms. The number of urea groups is 1. The number of amides is 2. The van der Waals surface area contributed by atoms with Crippen LogP contribution in [0.5, 0.6) is 11.5 Å². The summed E-state index contributed by atoms with van der Waals surface area (Å²) >= 11 is 5.74. The van der Waals surface area contributed by atoms with Crippen molar-refractivity contribution in [1.82, 2.24) is 10.6 Å². The number of benzene rings is 2. The Bertz CT molecular complexity index is 786. The first-order chi connectivity index (χ1) is 11.8. The third-order valence-electron chi connectivity index (χ3n) is 3.36. The van der Waals surface area contributed by atoms with Gasteiger partial charge in [0.05, 0.1) is 0 Å². The van der Waals surface area contributed by atoms with E-state index in [2.05, 4.69) is 5.32 Å². The number of rotatable bonds is 3. The van der Waals surface area contributed by atoms with Crippen LogP contribution in [0.2, 0.25) is 5.02 Å². The van der Waals surface area contributed by atoms with Crippen LogP contribution in [-0.4, -0.2) is 18.1 Å². The standard InChI is InChI=1S/C16H12ClF3N2O3/c17-11-6-7-12-13(8-11)25-16(24-12,15(18,19)20)22-14(23)21-9-10-4-2-1-3-5-10/h1-8H,9H2,(H2,21,22,23)/t16-/m0/s1. The summed E-state index contributed by atoms with van der Waals surface area (Å²) in [5.74, 6) is -3.71. The lowest BCUT2D eigenvalue weighted by molar-refractivity contribution is -0.317. The molecule has 9 heteroatoms. The molecule has 0 saturated heterocycles. The topological polar surface area (TPSA) is 59.6 Å². The van der Waals surface area contributed by atoms with Crippen LogP contribution >= 0.6 is 11.6 Å². The van der Waals surface area contributed by atoms with E-state index in [1.165, 1.54) is 18.2 Å². The van der Waals surface area contributed by atoms with E-state index in [1.54, 1.807) is 35.6 Å². The largest absolute Gasteiger partial charge is 0.492 e. The van der Waals surface area contributed by atoms with Gasteiger partial charge in [-0.2, -0.15) is 13.2 Å². The van der Waals surface area contributed by atoms with Gasteiger partial charge in [0.25, 0.3) is 0 Å². The minimum atomic E-state index is -5.03. The van der Waals surface area contributed by atoms with Gasteiger partial charge in [0.2, 0.25) is 0 Å². The molecule has 3 rings (SSSR count). The van der Waals surface area contributed by atoms with Gasteiger partial charge in [0.1, 0.15) is 0 Å². The highest BCUT2D eigenvalue weighted by Gasteiger charge is 2.65. The SMILES string of the molecule is O=C(NCc1ccccc1)N[C@@]1(C(F)(F)F)Oc2ccc(Cl)cc2O1. The van der Waals surface area contributed by atoms with E-state index < -0.39 is 18.1 Å². The van der Waals surface area contributed by atoms with Crippen molar-refractivity contribution in [3.8, 4) is 11.5 Å². The molecule has 1 atom stereocenters. The first kappa shape index (κ1) is 17.2. The lowest BCUT2D eigenvalue weighted by Crippen LogP contribution is -2.66. The molecule has 2 aromatic rings. The van der Waals surface area contributed by atoms with Crippen LogP contribution in [-0.2, 0) is 6.54 Å². The van der Waals surface area contributed by atoms with Crippen molar-refractivity contribution in [2.24, 2.45) is 0 Å². The molecule has 2 aromatic carbocycles. The molecule has 25 heavy (non-hydrogen) atoms. The number of ether oxygens (including phenoxy) is 2. The van der Waals surface area contributed by atoms with Crippen molar-refractivity contribution in [1.29, 1.82) is 0 Å². The third kappa shape index (κ3) is 3.58. The smallest absolute Gasteiger partial charge is 0.424 e. The Kier molecular flexibility index (Phi) is 4.38. The molecule has 0 fully saturated rings. The molecule has 1 aliphatic heterocycles. The van der Waals surface area contributed by atoms with Gasteiger partial charge in [-0.05, 0) is 17.7 Å². The fourth-order valence-electron chi connectivity index (χ4n) is 2.19. The average Bonchev–Trinajstić information content (AvgIpc) is 2.92. The fourth-order valence-corrected chi connectivity index (χ4v) is 2.35. The van der Waals surface area contributed by atoms with Gasteiger partial charge in [-0.1, -0.05) is 41.9 Å². The lowest BCUT2D eigenvalue weighted by atomic mass is 10.2. The minimum Gasteiger partial charge on any atom is -0.424 e. The number of fused-ring (bicyclic) bond motifs is 1. The van der Waals surface area contributed by atoms with Crippen molar-refractivity contribution in [2.45, 2.75) is 18.6 Å². The van der Waals surface area contributed by atoms with E-state index in [1.807, 2.05) is 0 Å². The second-order valence-corrected chi connectivity index (χ2v) is 5.64. The van der Waals surface area contributed by atoms with Crippen LogP contribution < -0.4 is 20.1 Å². The Morgan fingerprint density at radius 3 is 2.44 bits per heavy atom. The Hall–Kier alpha value is -2.61. The van der Waals surface area contributed by atoms with Gasteiger partial charge in [0, 0.05) is 17.6 Å². The summed E-state index contributed by atoms with van der Waals surface area (Å²) in [4.78, 5) is 11.9. The molecule has 0 radical (unpaired) electrons. The molecule has 0 aromatic heterocycles.